The van der Waals surface area contributed by atoms with Gasteiger partial charge in [-0.25, -0.2) is 0 Å². The highest BCUT2D eigenvalue weighted by atomic mass is 16.5. The Hall–Kier alpha value is -2.60. The van der Waals surface area contributed by atoms with E-state index in [4.69, 9.17) is 4.74 Å². The van der Waals surface area contributed by atoms with Gasteiger partial charge in [0.25, 0.3) is 5.91 Å². The van der Waals surface area contributed by atoms with E-state index in [1.165, 1.54) is 0 Å². The molecule has 2 amide bonds. The highest BCUT2D eigenvalue weighted by molar-refractivity contribution is 5.85. The van der Waals surface area contributed by atoms with E-state index < -0.39 is 0 Å². The lowest BCUT2D eigenvalue weighted by Crippen LogP contribution is -2.54. The van der Waals surface area contributed by atoms with E-state index in [-0.39, 0.29) is 24.0 Å². The molecule has 2 atom stereocenters. The number of ether oxygens (including phenoxy) is 1. The minimum Gasteiger partial charge on any atom is -0.368 e. The maximum atomic E-state index is 13.3. The van der Waals surface area contributed by atoms with Gasteiger partial charge in [-0.05, 0) is 30.5 Å². The zero-order chi connectivity index (χ0) is 18.6. The predicted molar refractivity (Wildman–Crippen MR) is 101 cm³/mol. The second kappa shape index (κ2) is 7.96. The van der Waals surface area contributed by atoms with Crippen LogP contribution in [0.25, 0.3) is 0 Å². The molecule has 0 radical (unpaired) electrons. The minimum atomic E-state index is -0.374. The Balaban J connectivity index is 1.45. The molecule has 2 saturated heterocycles. The van der Waals surface area contributed by atoms with E-state index in [1.807, 2.05) is 69.2 Å². The predicted octanol–water partition coefficient (Wildman–Crippen LogP) is 1.93. The number of amides is 2. The molecule has 2 fully saturated rings. The molecule has 2 aliphatic heterocycles. The quantitative estimate of drug-likeness (QED) is 0.830. The summed E-state index contributed by atoms with van der Waals surface area (Å²) in [6, 6.07) is 13.3. The molecule has 1 aromatic heterocycles. The van der Waals surface area contributed by atoms with Gasteiger partial charge in [0.2, 0.25) is 5.91 Å². The van der Waals surface area contributed by atoms with Crippen molar-refractivity contribution in [2.75, 3.05) is 32.8 Å². The van der Waals surface area contributed by atoms with Gasteiger partial charge in [0, 0.05) is 45.2 Å². The summed E-state index contributed by atoms with van der Waals surface area (Å²) >= 11 is 0. The van der Waals surface area contributed by atoms with Crippen LogP contribution in [0.2, 0.25) is 0 Å². The largest absolute Gasteiger partial charge is 0.368 e. The topological polar surface area (TPSA) is 54.8 Å². The summed E-state index contributed by atoms with van der Waals surface area (Å²) in [6.07, 6.45) is 5.32. The van der Waals surface area contributed by atoms with E-state index in [0.717, 1.165) is 18.4 Å². The number of aromatic nitrogens is 1. The van der Waals surface area contributed by atoms with Crippen LogP contribution in [0, 0.1) is 0 Å². The van der Waals surface area contributed by atoms with Crippen LogP contribution in [-0.4, -0.2) is 65.1 Å². The second-order valence-electron chi connectivity index (χ2n) is 7.10. The Kier molecular flexibility index (Phi) is 5.25. The van der Waals surface area contributed by atoms with Gasteiger partial charge in [-0.2, -0.15) is 0 Å². The normalized spacial score (nSPS) is 21.3. The molecule has 0 saturated carbocycles. The van der Waals surface area contributed by atoms with Gasteiger partial charge in [-0.15, -0.1) is 0 Å². The number of hydrogen-bond acceptors (Lipinski definition) is 3. The van der Waals surface area contributed by atoms with Crippen molar-refractivity contribution in [2.45, 2.75) is 25.0 Å². The minimum absolute atomic E-state index is 0.0709. The first-order valence-electron chi connectivity index (χ1n) is 9.60. The third kappa shape index (κ3) is 3.76. The molecule has 0 bridgehead atoms. The molecule has 2 aliphatic rings. The van der Waals surface area contributed by atoms with Crippen molar-refractivity contribution < 1.29 is 14.3 Å². The molecule has 142 valence electrons. The summed E-state index contributed by atoms with van der Waals surface area (Å²) in [4.78, 5) is 29.5. The molecular formula is C21H25N3O3. The zero-order valence-corrected chi connectivity index (χ0v) is 15.4. The summed E-state index contributed by atoms with van der Waals surface area (Å²) in [5.41, 5.74) is 0.969. The van der Waals surface area contributed by atoms with Crippen LogP contribution in [0.1, 0.15) is 24.4 Å². The Labute approximate surface area is 159 Å². The van der Waals surface area contributed by atoms with Crippen molar-refractivity contribution >= 4 is 11.8 Å². The average molecular weight is 367 g/mol. The van der Waals surface area contributed by atoms with Crippen LogP contribution in [0.3, 0.4) is 0 Å². The molecular weight excluding hydrogens is 342 g/mol. The number of benzene rings is 1. The van der Waals surface area contributed by atoms with Crippen molar-refractivity contribution in [3.8, 4) is 0 Å². The highest BCUT2D eigenvalue weighted by Crippen LogP contribution is 2.23. The zero-order valence-electron chi connectivity index (χ0n) is 15.4. The molecule has 0 unspecified atom stereocenters. The maximum Gasteiger partial charge on any atom is 0.251 e. The van der Waals surface area contributed by atoms with E-state index in [9.17, 15) is 9.59 Å². The van der Waals surface area contributed by atoms with E-state index in [0.29, 0.717) is 32.8 Å². The molecule has 4 rings (SSSR count). The van der Waals surface area contributed by atoms with Crippen LogP contribution >= 0.6 is 0 Å². The number of carbonyl (C=O) groups is 2. The Morgan fingerprint density at radius 1 is 0.926 bits per heavy atom. The molecule has 27 heavy (non-hydrogen) atoms. The first-order valence-corrected chi connectivity index (χ1v) is 9.60. The van der Waals surface area contributed by atoms with E-state index >= 15 is 0 Å². The van der Waals surface area contributed by atoms with Crippen molar-refractivity contribution in [1.82, 2.24) is 14.4 Å². The second-order valence-corrected chi connectivity index (χ2v) is 7.10. The van der Waals surface area contributed by atoms with Crippen LogP contribution < -0.4 is 0 Å². The van der Waals surface area contributed by atoms with Crippen LogP contribution in [0.15, 0.2) is 54.9 Å². The number of rotatable bonds is 4. The van der Waals surface area contributed by atoms with Gasteiger partial charge in [0.1, 0.15) is 12.1 Å². The molecule has 0 aliphatic carbocycles. The number of hydrogen-bond donors (Lipinski definition) is 0. The van der Waals surface area contributed by atoms with Gasteiger partial charge in [0.15, 0.2) is 0 Å². The summed E-state index contributed by atoms with van der Waals surface area (Å²) in [5.74, 6) is 0.145. The number of nitrogens with zero attached hydrogens (tertiary/aromatic N) is 3. The maximum absolute atomic E-state index is 13.3. The smallest absolute Gasteiger partial charge is 0.251 e. The van der Waals surface area contributed by atoms with Gasteiger partial charge in [-0.3, -0.25) is 9.59 Å². The van der Waals surface area contributed by atoms with Gasteiger partial charge in [0.05, 0.1) is 0 Å². The summed E-state index contributed by atoms with van der Waals surface area (Å²) < 4.78 is 7.46. The van der Waals surface area contributed by atoms with Crippen molar-refractivity contribution in [3.05, 3.63) is 60.4 Å². The van der Waals surface area contributed by atoms with E-state index in [2.05, 4.69) is 0 Å². The van der Waals surface area contributed by atoms with Gasteiger partial charge in [-0.1, -0.05) is 30.3 Å². The number of carbonyl (C=O) groups excluding carboxylic acids is 2. The molecule has 3 heterocycles. The fourth-order valence-electron chi connectivity index (χ4n) is 3.89. The third-order valence-electron chi connectivity index (χ3n) is 5.38. The molecule has 6 heteroatoms. The number of piperazine rings is 1. The highest BCUT2D eigenvalue weighted by Gasteiger charge is 2.33. The van der Waals surface area contributed by atoms with Gasteiger partial charge >= 0.3 is 0 Å². The lowest BCUT2D eigenvalue weighted by molar-refractivity contribution is -0.146. The van der Waals surface area contributed by atoms with Crippen LogP contribution in [0.4, 0.5) is 0 Å². The lowest BCUT2D eigenvalue weighted by Gasteiger charge is -2.37. The van der Waals surface area contributed by atoms with Crippen molar-refractivity contribution in [2.24, 2.45) is 0 Å². The molecule has 1 aromatic carbocycles. The summed E-state index contributed by atoms with van der Waals surface area (Å²) in [6.45, 7) is 2.92. The Bertz CT molecular complexity index is 761. The van der Waals surface area contributed by atoms with Gasteiger partial charge < -0.3 is 19.1 Å². The standard InChI is InChI=1S/C21H25N3O3/c25-20(18-9-6-16-27-18)23-12-14-24(15-13-23)21(26)19(22-10-4-5-11-22)17-7-2-1-3-8-17/h1-5,7-8,10-11,18-19H,6,9,12-16H2/t18-,19-/m1/s1. The Morgan fingerprint density at radius 2 is 1.59 bits per heavy atom. The molecule has 0 spiro atoms. The molecule has 2 aromatic rings. The molecule has 0 N–H and O–H groups in total. The third-order valence-corrected chi connectivity index (χ3v) is 5.38. The van der Waals surface area contributed by atoms with E-state index in [1.54, 1.807) is 0 Å². The molecule has 6 nitrogen and oxygen atoms in total. The SMILES string of the molecule is O=C([C@H]1CCCO1)N1CCN(C(=O)[C@@H](c2ccccc2)n2cccc2)CC1. The first-order chi connectivity index (χ1) is 13.2. The monoisotopic (exact) mass is 367 g/mol. The lowest BCUT2D eigenvalue weighted by atomic mass is 10.0. The fraction of sp³-hybridized carbons (Fsp3) is 0.429. The van der Waals surface area contributed by atoms with Crippen LogP contribution in [-0.2, 0) is 14.3 Å². The fourth-order valence-corrected chi connectivity index (χ4v) is 3.89. The van der Waals surface area contributed by atoms with Crippen LogP contribution in [0.5, 0.6) is 0 Å². The average Bonchev–Trinajstić information content (AvgIpc) is 3.43. The Morgan fingerprint density at radius 3 is 2.22 bits per heavy atom. The summed E-state index contributed by atoms with van der Waals surface area (Å²) in [5, 5.41) is 0. The first kappa shape index (κ1) is 17.8. The summed E-state index contributed by atoms with van der Waals surface area (Å²) in [7, 11) is 0. The van der Waals surface area contributed by atoms with Crippen molar-refractivity contribution in [1.29, 1.82) is 0 Å². The van der Waals surface area contributed by atoms with Crippen molar-refractivity contribution in [3.63, 3.8) is 0 Å².